The van der Waals surface area contributed by atoms with Crippen molar-refractivity contribution in [3.63, 3.8) is 0 Å². The van der Waals surface area contributed by atoms with Crippen LogP contribution in [0.3, 0.4) is 0 Å². The van der Waals surface area contributed by atoms with Gasteiger partial charge >= 0.3 is 5.97 Å². The van der Waals surface area contributed by atoms with Gasteiger partial charge in [0.2, 0.25) is 0 Å². The van der Waals surface area contributed by atoms with Crippen LogP contribution in [-0.4, -0.2) is 41.4 Å². The maximum Gasteiger partial charge on any atom is 0.330 e. The molecule has 0 spiro atoms. The maximum atomic E-state index is 10.3. The molecule has 0 saturated heterocycles. The molecule has 70 valence electrons. The molecule has 0 aliphatic rings. The lowest BCUT2D eigenvalue weighted by molar-refractivity contribution is -0.132. The minimum atomic E-state index is -0.944. The summed E-state index contributed by atoms with van der Waals surface area (Å²) in [5.74, 6) is -0.944. The summed E-state index contributed by atoms with van der Waals surface area (Å²) >= 11 is 0. The van der Waals surface area contributed by atoms with Gasteiger partial charge in [0.05, 0.1) is 0 Å². The molecule has 0 rings (SSSR count). The van der Waals surface area contributed by atoms with Crippen LogP contribution in [0.1, 0.15) is 13.3 Å². The zero-order valence-electron chi connectivity index (χ0n) is 7.61. The van der Waals surface area contributed by atoms with Gasteiger partial charge in [-0.25, -0.2) is 4.79 Å². The average Bonchev–Trinajstić information content (AvgIpc) is 1.98. The van der Waals surface area contributed by atoms with E-state index in [0.29, 0.717) is 6.42 Å². The van der Waals surface area contributed by atoms with Crippen molar-refractivity contribution in [2.24, 2.45) is 0 Å². The summed E-state index contributed by atoms with van der Waals surface area (Å²) < 4.78 is 0. The van der Waals surface area contributed by atoms with Crippen molar-refractivity contribution >= 4 is 5.97 Å². The predicted octanol–water partition coefficient (Wildman–Crippen LogP) is 0.287. The third kappa shape index (κ3) is 4.10. The minimum Gasteiger partial charge on any atom is -0.478 e. The lowest BCUT2D eigenvalue weighted by atomic mass is 10.2. The first kappa shape index (κ1) is 11.1. The molecular weight excluding hydrogens is 158 g/mol. The highest BCUT2D eigenvalue weighted by molar-refractivity contribution is 5.85. The van der Waals surface area contributed by atoms with Gasteiger partial charge in [0.15, 0.2) is 0 Å². The zero-order chi connectivity index (χ0) is 9.72. The summed E-state index contributed by atoms with van der Waals surface area (Å²) in [7, 11) is 3.46. The van der Waals surface area contributed by atoms with Crippen LogP contribution in [0, 0.1) is 0 Å². The van der Waals surface area contributed by atoms with Crippen LogP contribution in [0.25, 0.3) is 0 Å². The topological polar surface area (TPSA) is 60.8 Å². The molecule has 1 unspecified atom stereocenters. The van der Waals surface area contributed by atoms with Crippen LogP contribution >= 0.6 is 0 Å². The summed E-state index contributed by atoms with van der Waals surface area (Å²) in [6.45, 7) is 1.50. The zero-order valence-corrected chi connectivity index (χ0v) is 7.61. The molecule has 0 bridgehead atoms. The van der Waals surface area contributed by atoms with Gasteiger partial charge in [-0.1, -0.05) is 6.08 Å². The molecule has 2 N–H and O–H groups in total. The second kappa shape index (κ2) is 4.90. The number of carboxylic acids is 1. The van der Waals surface area contributed by atoms with E-state index >= 15 is 0 Å². The Morgan fingerprint density at radius 3 is 2.42 bits per heavy atom. The molecule has 1 atom stereocenters. The number of carboxylic acid groups (broad SMARTS) is 1. The quantitative estimate of drug-likeness (QED) is 0.474. The Morgan fingerprint density at radius 1 is 1.58 bits per heavy atom. The normalized spacial score (nSPS) is 14.9. The predicted molar refractivity (Wildman–Crippen MR) is 45.7 cm³/mol. The molecule has 0 aromatic rings. The molecule has 12 heavy (non-hydrogen) atoms. The van der Waals surface area contributed by atoms with Gasteiger partial charge in [-0.2, -0.15) is 0 Å². The van der Waals surface area contributed by atoms with Crippen molar-refractivity contribution in [2.45, 2.75) is 19.6 Å². The molecule has 0 aliphatic heterocycles. The fourth-order valence-electron chi connectivity index (χ4n) is 0.580. The van der Waals surface area contributed by atoms with E-state index in [9.17, 15) is 9.90 Å². The Labute approximate surface area is 72.1 Å². The number of nitrogens with zero attached hydrogens (tertiary/aromatic N) is 1. The number of aliphatic hydroxyl groups excluding tert-OH is 1. The standard InChI is InChI=1S/C8H15NO3/c1-6(8(11)12)4-5-7(10)9(2)3/h4,7,10H,5H2,1-3H3,(H,11,12). The lowest BCUT2D eigenvalue weighted by Gasteiger charge is -2.16. The van der Waals surface area contributed by atoms with E-state index in [0.717, 1.165) is 0 Å². The van der Waals surface area contributed by atoms with Crippen LogP contribution in [0.5, 0.6) is 0 Å². The smallest absolute Gasteiger partial charge is 0.330 e. The Balaban J connectivity index is 3.96. The van der Waals surface area contributed by atoms with Crippen molar-refractivity contribution in [1.29, 1.82) is 0 Å². The van der Waals surface area contributed by atoms with Gasteiger partial charge in [0.25, 0.3) is 0 Å². The van der Waals surface area contributed by atoms with E-state index in [4.69, 9.17) is 5.11 Å². The number of carbonyl (C=O) groups is 1. The summed E-state index contributed by atoms with van der Waals surface area (Å²) in [4.78, 5) is 11.9. The second-order valence-corrected chi connectivity index (χ2v) is 2.87. The fourth-order valence-corrected chi connectivity index (χ4v) is 0.580. The number of aliphatic carboxylic acids is 1. The molecule has 0 saturated carbocycles. The van der Waals surface area contributed by atoms with Gasteiger partial charge < -0.3 is 10.2 Å². The number of rotatable bonds is 4. The SMILES string of the molecule is CC(=CCC(O)N(C)C)C(=O)O. The molecule has 0 aromatic carbocycles. The van der Waals surface area contributed by atoms with E-state index < -0.39 is 12.2 Å². The Morgan fingerprint density at radius 2 is 2.08 bits per heavy atom. The van der Waals surface area contributed by atoms with Crippen LogP contribution in [0.2, 0.25) is 0 Å². The third-order valence-electron chi connectivity index (χ3n) is 1.57. The van der Waals surface area contributed by atoms with Crippen LogP contribution < -0.4 is 0 Å². The van der Waals surface area contributed by atoms with Crippen molar-refractivity contribution in [2.75, 3.05) is 14.1 Å². The highest BCUT2D eigenvalue weighted by Gasteiger charge is 2.05. The lowest BCUT2D eigenvalue weighted by Crippen LogP contribution is -2.26. The molecule has 0 heterocycles. The molecular formula is C8H15NO3. The van der Waals surface area contributed by atoms with E-state index in [-0.39, 0.29) is 5.57 Å². The highest BCUT2D eigenvalue weighted by Crippen LogP contribution is 2.00. The number of hydrogen-bond donors (Lipinski definition) is 2. The van der Waals surface area contributed by atoms with Gasteiger partial charge in [0, 0.05) is 12.0 Å². The van der Waals surface area contributed by atoms with Crippen molar-refractivity contribution in [3.8, 4) is 0 Å². The van der Waals surface area contributed by atoms with Crippen molar-refractivity contribution in [1.82, 2.24) is 4.90 Å². The molecule has 4 nitrogen and oxygen atoms in total. The molecule has 0 radical (unpaired) electrons. The Hall–Kier alpha value is -0.870. The first-order valence-corrected chi connectivity index (χ1v) is 3.69. The monoisotopic (exact) mass is 173 g/mol. The molecule has 0 aliphatic carbocycles. The average molecular weight is 173 g/mol. The summed E-state index contributed by atoms with van der Waals surface area (Å²) in [6.07, 6.45) is 1.23. The van der Waals surface area contributed by atoms with E-state index in [1.807, 2.05) is 0 Å². The van der Waals surface area contributed by atoms with Crippen LogP contribution in [0.15, 0.2) is 11.6 Å². The van der Waals surface area contributed by atoms with Crippen LogP contribution in [0.4, 0.5) is 0 Å². The first-order valence-electron chi connectivity index (χ1n) is 3.69. The maximum absolute atomic E-state index is 10.3. The van der Waals surface area contributed by atoms with E-state index in [1.165, 1.54) is 13.0 Å². The van der Waals surface area contributed by atoms with Gasteiger partial charge in [-0.05, 0) is 21.0 Å². The molecule has 0 fully saturated rings. The largest absolute Gasteiger partial charge is 0.478 e. The summed E-state index contributed by atoms with van der Waals surface area (Å²) in [5.41, 5.74) is 0.260. The second-order valence-electron chi connectivity index (χ2n) is 2.87. The summed E-state index contributed by atoms with van der Waals surface area (Å²) in [5, 5.41) is 17.7. The Kier molecular flexibility index (Phi) is 4.54. The van der Waals surface area contributed by atoms with Crippen molar-refractivity contribution in [3.05, 3.63) is 11.6 Å². The Bertz CT molecular complexity index is 187. The van der Waals surface area contributed by atoms with Gasteiger partial charge in [-0.15, -0.1) is 0 Å². The summed E-state index contributed by atoms with van der Waals surface area (Å²) in [6, 6.07) is 0. The fraction of sp³-hybridized carbons (Fsp3) is 0.625. The number of hydrogen-bond acceptors (Lipinski definition) is 3. The minimum absolute atomic E-state index is 0.260. The highest BCUT2D eigenvalue weighted by atomic mass is 16.4. The molecule has 4 heteroatoms. The first-order chi connectivity index (χ1) is 5.45. The number of aliphatic hydroxyl groups is 1. The van der Waals surface area contributed by atoms with E-state index in [2.05, 4.69) is 0 Å². The van der Waals surface area contributed by atoms with E-state index in [1.54, 1.807) is 19.0 Å². The molecule has 0 amide bonds. The van der Waals surface area contributed by atoms with Crippen molar-refractivity contribution < 1.29 is 15.0 Å². The van der Waals surface area contributed by atoms with Gasteiger partial charge in [-0.3, -0.25) is 4.90 Å². The molecule has 0 aromatic heterocycles. The van der Waals surface area contributed by atoms with Gasteiger partial charge in [0.1, 0.15) is 6.23 Å². The van der Waals surface area contributed by atoms with Crippen LogP contribution in [-0.2, 0) is 4.79 Å². The third-order valence-corrected chi connectivity index (χ3v) is 1.57.